The summed E-state index contributed by atoms with van der Waals surface area (Å²) in [5, 5.41) is 0. The number of esters is 1. The van der Waals surface area contributed by atoms with Crippen molar-refractivity contribution in [2.45, 2.75) is 45.6 Å². The Hall–Kier alpha value is -0.530. The van der Waals surface area contributed by atoms with E-state index in [2.05, 4.69) is 6.92 Å². The number of ether oxygens (including phenoxy) is 1. The SMILES string of the molecule is CCCC[C@@H]1C[C@H](C)C(=O)O1. The van der Waals surface area contributed by atoms with Gasteiger partial charge in [0, 0.05) is 0 Å². The van der Waals surface area contributed by atoms with Crippen molar-refractivity contribution in [3.05, 3.63) is 0 Å². The molecule has 0 radical (unpaired) electrons. The van der Waals surface area contributed by atoms with Gasteiger partial charge in [0.15, 0.2) is 0 Å². The van der Waals surface area contributed by atoms with Gasteiger partial charge >= 0.3 is 5.97 Å². The Morgan fingerprint density at radius 2 is 2.36 bits per heavy atom. The zero-order valence-electron chi connectivity index (χ0n) is 7.30. The predicted molar refractivity (Wildman–Crippen MR) is 43.2 cm³/mol. The topological polar surface area (TPSA) is 26.3 Å². The molecule has 0 bridgehead atoms. The smallest absolute Gasteiger partial charge is 0.309 e. The zero-order chi connectivity index (χ0) is 8.27. The van der Waals surface area contributed by atoms with Crippen molar-refractivity contribution in [1.29, 1.82) is 0 Å². The molecule has 0 aromatic heterocycles. The maximum absolute atomic E-state index is 10.9. The molecular weight excluding hydrogens is 140 g/mol. The van der Waals surface area contributed by atoms with E-state index in [1.54, 1.807) is 0 Å². The molecule has 11 heavy (non-hydrogen) atoms. The summed E-state index contributed by atoms with van der Waals surface area (Å²) >= 11 is 0. The minimum atomic E-state index is -0.00824. The lowest BCUT2D eigenvalue weighted by atomic mass is 10.0. The standard InChI is InChI=1S/C9H16O2/c1-3-4-5-8-6-7(2)9(10)11-8/h7-8H,3-6H2,1-2H3/t7-,8+/m0/s1. The first-order valence-corrected chi connectivity index (χ1v) is 4.44. The highest BCUT2D eigenvalue weighted by Gasteiger charge is 2.29. The minimum Gasteiger partial charge on any atom is -0.462 e. The highest BCUT2D eigenvalue weighted by atomic mass is 16.5. The summed E-state index contributed by atoms with van der Waals surface area (Å²) in [4.78, 5) is 10.9. The molecule has 1 aliphatic heterocycles. The molecule has 0 N–H and O–H groups in total. The second kappa shape index (κ2) is 3.74. The van der Waals surface area contributed by atoms with E-state index in [9.17, 15) is 4.79 Å². The maximum Gasteiger partial charge on any atom is 0.309 e. The van der Waals surface area contributed by atoms with Crippen LogP contribution in [0.2, 0.25) is 0 Å². The van der Waals surface area contributed by atoms with Gasteiger partial charge in [-0.05, 0) is 12.8 Å². The molecule has 64 valence electrons. The first-order valence-electron chi connectivity index (χ1n) is 4.44. The van der Waals surface area contributed by atoms with E-state index in [0.29, 0.717) is 0 Å². The van der Waals surface area contributed by atoms with E-state index in [0.717, 1.165) is 12.8 Å². The molecule has 1 rings (SSSR count). The van der Waals surface area contributed by atoms with Gasteiger partial charge < -0.3 is 4.74 Å². The summed E-state index contributed by atoms with van der Waals surface area (Å²) in [6.07, 6.45) is 4.55. The highest BCUT2D eigenvalue weighted by molar-refractivity contribution is 5.74. The molecule has 0 aromatic rings. The molecule has 0 unspecified atom stereocenters. The number of cyclic esters (lactones) is 1. The van der Waals surface area contributed by atoms with Gasteiger partial charge in [0.25, 0.3) is 0 Å². The summed E-state index contributed by atoms with van der Waals surface area (Å²) in [5.74, 6) is 0.128. The second-order valence-electron chi connectivity index (χ2n) is 3.34. The van der Waals surface area contributed by atoms with Crippen LogP contribution in [-0.4, -0.2) is 12.1 Å². The van der Waals surface area contributed by atoms with Crippen LogP contribution in [0.1, 0.15) is 39.5 Å². The van der Waals surface area contributed by atoms with Crippen LogP contribution in [0.3, 0.4) is 0 Å². The first-order chi connectivity index (χ1) is 5.24. The Morgan fingerprint density at radius 3 is 2.82 bits per heavy atom. The molecule has 2 nitrogen and oxygen atoms in total. The quantitative estimate of drug-likeness (QED) is 0.585. The number of carbonyl (C=O) groups is 1. The average molecular weight is 156 g/mol. The summed E-state index contributed by atoms with van der Waals surface area (Å²) in [7, 11) is 0. The summed E-state index contributed by atoms with van der Waals surface area (Å²) in [6, 6.07) is 0. The van der Waals surface area contributed by atoms with Crippen molar-refractivity contribution in [3.8, 4) is 0 Å². The maximum atomic E-state index is 10.9. The van der Waals surface area contributed by atoms with Gasteiger partial charge in [-0.15, -0.1) is 0 Å². The van der Waals surface area contributed by atoms with E-state index in [4.69, 9.17) is 4.74 Å². The lowest BCUT2D eigenvalue weighted by Crippen LogP contribution is -2.05. The average Bonchev–Trinajstić information content (AvgIpc) is 2.28. The van der Waals surface area contributed by atoms with Gasteiger partial charge in [-0.3, -0.25) is 4.79 Å². The fourth-order valence-corrected chi connectivity index (χ4v) is 1.43. The van der Waals surface area contributed by atoms with Crippen molar-refractivity contribution in [1.82, 2.24) is 0 Å². The molecule has 2 atom stereocenters. The number of rotatable bonds is 3. The molecular formula is C9H16O2. The molecule has 1 saturated heterocycles. The summed E-state index contributed by atoms with van der Waals surface area (Å²) in [5.41, 5.74) is 0. The largest absolute Gasteiger partial charge is 0.462 e. The van der Waals surface area contributed by atoms with Crippen LogP contribution in [0, 0.1) is 5.92 Å². The van der Waals surface area contributed by atoms with Crippen molar-refractivity contribution in [2.75, 3.05) is 0 Å². The number of hydrogen-bond acceptors (Lipinski definition) is 2. The summed E-state index contributed by atoms with van der Waals surface area (Å²) in [6.45, 7) is 4.09. The van der Waals surface area contributed by atoms with Crippen molar-refractivity contribution < 1.29 is 9.53 Å². The highest BCUT2D eigenvalue weighted by Crippen LogP contribution is 2.23. The van der Waals surface area contributed by atoms with Crippen LogP contribution in [0.4, 0.5) is 0 Å². The molecule has 2 heteroatoms. The minimum absolute atomic E-state index is 0.00824. The van der Waals surface area contributed by atoms with Crippen LogP contribution in [0.25, 0.3) is 0 Å². The van der Waals surface area contributed by atoms with Gasteiger partial charge in [0.05, 0.1) is 5.92 Å². The summed E-state index contributed by atoms with van der Waals surface area (Å²) < 4.78 is 5.14. The van der Waals surface area contributed by atoms with Gasteiger partial charge in [-0.2, -0.15) is 0 Å². The molecule has 0 spiro atoms. The molecule has 1 fully saturated rings. The van der Waals surface area contributed by atoms with Crippen molar-refractivity contribution in [3.63, 3.8) is 0 Å². The molecule has 1 aliphatic rings. The third-order valence-corrected chi connectivity index (χ3v) is 2.18. The van der Waals surface area contributed by atoms with E-state index >= 15 is 0 Å². The van der Waals surface area contributed by atoms with E-state index < -0.39 is 0 Å². The Bertz CT molecular complexity index is 142. The molecule has 0 amide bonds. The van der Waals surface area contributed by atoms with Crippen LogP contribution in [0.5, 0.6) is 0 Å². The van der Waals surface area contributed by atoms with Gasteiger partial charge in [-0.1, -0.05) is 26.7 Å². The van der Waals surface area contributed by atoms with Crippen molar-refractivity contribution >= 4 is 5.97 Å². The first kappa shape index (κ1) is 8.57. The lowest BCUT2D eigenvalue weighted by molar-refractivity contribution is -0.144. The Balaban J connectivity index is 2.24. The van der Waals surface area contributed by atoms with Gasteiger partial charge in [0.1, 0.15) is 6.10 Å². The molecule has 1 heterocycles. The van der Waals surface area contributed by atoms with E-state index in [1.165, 1.54) is 12.8 Å². The zero-order valence-corrected chi connectivity index (χ0v) is 7.30. The molecule has 0 saturated carbocycles. The van der Waals surface area contributed by atoms with Crippen LogP contribution in [0.15, 0.2) is 0 Å². The van der Waals surface area contributed by atoms with Crippen LogP contribution < -0.4 is 0 Å². The Kier molecular flexibility index (Phi) is 2.92. The number of hydrogen-bond donors (Lipinski definition) is 0. The Labute approximate surface area is 67.9 Å². The second-order valence-corrected chi connectivity index (χ2v) is 3.34. The predicted octanol–water partition coefficient (Wildman–Crippen LogP) is 2.13. The van der Waals surface area contributed by atoms with E-state index in [-0.39, 0.29) is 18.0 Å². The lowest BCUT2D eigenvalue weighted by Gasteiger charge is -2.06. The third-order valence-electron chi connectivity index (χ3n) is 2.18. The number of unbranched alkanes of at least 4 members (excludes halogenated alkanes) is 1. The van der Waals surface area contributed by atoms with Crippen LogP contribution in [-0.2, 0) is 9.53 Å². The van der Waals surface area contributed by atoms with Crippen LogP contribution >= 0.6 is 0 Å². The number of carbonyl (C=O) groups excluding carboxylic acids is 1. The van der Waals surface area contributed by atoms with E-state index in [1.807, 2.05) is 6.92 Å². The molecule has 0 aromatic carbocycles. The van der Waals surface area contributed by atoms with Crippen molar-refractivity contribution in [2.24, 2.45) is 5.92 Å². The monoisotopic (exact) mass is 156 g/mol. The Morgan fingerprint density at radius 1 is 1.64 bits per heavy atom. The fraction of sp³-hybridized carbons (Fsp3) is 0.889. The molecule has 0 aliphatic carbocycles. The van der Waals surface area contributed by atoms with Gasteiger partial charge in [-0.25, -0.2) is 0 Å². The van der Waals surface area contributed by atoms with Gasteiger partial charge in [0.2, 0.25) is 0 Å². The third kappa shape index (κ3) is 2.21. The fourth-order valence-electron chi connectivity index (χ4n) is 1.43. The normalized spacial score (nSPS) is 30.5.